The zero-order chi connectivity index (χ0) is 15.7. The lowest BCUT2D eigenvalue weighted by Gasteiger charge is -2.30. The molecule has 0 unspecified atom stereocenters. The maximum atomic E-state index is 10.9. The van der Waals surface area contributed by atoms with Crippen LogP contribution >= 0.6 is 0 Å². The average Bonchev–Trinajstić information content (AvgIpc) is 2.85. The normalized spacial score (nSPS) is 21.9. The van der Waals surface area contributed by atoms with E-state index in [1.54, 1.807) is 7.05 Å². The van der Waals surface area contributed by atoms with E-state index in [1.165, 1.54) is 16.2 Å². The van der Waals surface area contributed by atoms with Gasteiger partial charge < -0.3 is 14.6 Å². The molecule has 1 aromatic heterocycles. The lowest BCUT2D eigenvalue weighted by atomic mass is 9.81. The lowest BCUT2D eigenvalue weighted by Crippen LogP contribution is -2.32. The fourth-order valence-electron chi connectivity index (χ4n) is 3.60. The highest BCUT2D eigenvalue weighted by Crippen LogP contribution is 2.36. The average molecular weight is 301 g/mol. The van der Waals surface area contributed by atoms with E-state index in [9.17, 15) is 4.79 Å². The number of rotatable bonds is 3. The molecule has 1 aliphatic rings. The summed E-state index contributed by atoms with van der Waals surface area (Å²) >= 11 is 0. The number of carboxylic acid groups (broad SMARTS) is 1. The van der Waals surface area contributed by atoms with Crippen LogP contribution in [0.3, 0.4) is 0 Å². The number of aromatic nitrogens is 2. The van der Waals surface area contributed by atoms with Crippen LogP contribution in [0, 0.1) is 5.92 Å². The summed E-state index contributed by atoms with van der Waals surface area (Å²) in [6.07, 6.45) is 3.50. The molecule has 5 heteroatoms. The highest BCUT2D eigenvalue weighted by molar-refractivity contribution is 5.75. The van der Waals surface area contributed by atoms with Gasteiger partial charge in [0, 0.05) is 26.6 Å². The molecule has 1 heterocycles. The van der Waals surface area contributed by atoms with Crippen molar-refractivity contribution in [3.8, 4) is 0 Å². The van der Waals surface area contributed by atoms with E-state index in [0.29, 0.717) is 18.4 Å². The minimum Gasteiger partial charge on any atom is -0.465 e. The molecule has 22 heavy (non-hydrogen) atoms. The van der Waals surface area contributed by atoms with Crippen LogP contribution in [0.2, 0.25) is 0 Å². The van der Waals surface area contributed by atoms with Crippen LogP contribution in [0.1, 0.15) is 37.4 Å². The Morgan fingerprint density at radius 2 is 2.00 bits per heavy atom. The Hall–Kier alpha value is -2.04. The zero-order valence-electron chi connectivity index (χ0n) is 13.2. The molecule has 0 saturated heterocycles. The van der Waals surface area contributed by atoms with Crippen LogP contribution < -0.4 is 0 Å². The first-order valence-corrected chi connectivity index (χ1v) is 7.91. The van der Waals surface area contributed by atoms with E-state index in [0.717, 1.165) is 31.2 Å². The molecule has 0 atom stereocenters. The highest BCUT2D eigenvalue weighted by atomic mass is 16.4. The molecule has 0 spiro atoms. The van der Waals surface area contributed by atoms with E-state index in [4.69, 9.17) is 10.1 Å². The molecule has 0 radical (unpaired) electrons. The molecule has 1 N–H and O–H groups in total. The summed E-state index contributed by atoms with van der Waals surface area (Å²) in [5, 5.41) is 8.97. The number of benzene rings is 1. The Morgan fingerprint density at radius 1 is 1.32 bits per heavy atom. The molecular formula is C17H23N3O2. The molecule has 1 saturated carbocycles. The molecule has 3 rings (SSSR count). The Morgan fingerprint density at radius 3 is 2.64 bits per heavy atom. The summed E-state index contributed by atoms with van der Waals surface area (Å²) in [6, 6.07) is 8.25. The standard InChI is InChI=1S/C17H23N3O2/c1-19(17(21)22)11-12-7-9-13(10-8-12)16-18-14-5-3-4-6-15(14)20(16)2/h3-6,12-13H,7-11H2,1-2H3,(H,21,22). The van der Waals surface area contributed by atoms with Gasteiger partial charge in [0.1, 0.15) is 5.82 Å². The van der Waals surface area contributed by atoms with Gasteiger partial charge in [-0.2, -0.15) is 0 Å². The maximum Gasteiger partial charge on any atom is 0.407 e. The van der Waals surface area contributed by atoms with Gasteiger partial charge in [0.15, 0.2) is 0 Å². The molecule has 0 aliphatic heterocycles. The lowest BCUT2D eigenvalue weighted by molar-refractivity contribution is 0.142. The van der Waals surface area contributed by atoms with Gasteiger partial charge in [0.25, 0.3) is 0 Å². The fourth-order valence-corrected chi connectivity index (χ4v) is 3.60. The number of para-hydroxylation sites is 2. The number of carbonyl (C=O) groups is 1. The summed E-state index contributed by atoms with van der Waals surface area (Å²) in [4.78, 5) is 17.1. The van der Waals surface area contributed by atoms with E-state index in [-0.39, 0.29) is 0 Å². The van der Waals surface area contributed by atoms with Crippen molar-refractivity contribution in [2.75, 3.05) is 13.6 Å². The summed E-state index contributed by atoms with van der Waals surface area (Å²) in [6.45, 7) is 0.643. The summed E-state index contributed by atoms with van der Waals surface area (Å²) in [5.41, 5.74) is 2.25. The first kappa shape index (κ1) is 14.9. The Kier molecular flexibility index (Phi) is 4.05. The molecule has 1 fully saturated rings. The molecule has 5 nitrogen and oxygen atoms in total. The monoisotopic (exact) mass is 301 g/mol. The number of fused-ring (bicyclic) bond motifs is 1. The van der Waals surface area contributed by atoms with Crippen LogP contribution in [0.4, 0.5) is 4.79 Å². The topological polar surface area (TPSA) is 58.4 Å². The van der Waals surface area contributed by atoms with Crippen LogP contribution in [-0.4, -0.2) is 39.2 Å². The maximum absolute atomic E-state index is 10.9. The number of nitrogens with zero attached hydrogens (tertiary/aromatic N) is 3. The van der Waals surface area contributed by atoms with Crippen LogP contribution in [0.15, 0.2) is 24.3 Å². The molecule has 2 aromatic rings. The predicted molar refractivity (Wildman–Crippen MR) is 86.1 cm³/mol. The van der Waals surface area contributed by atoms with Crippen molar-refractivity contribution < 1.29 is 9.90 Å². The first-order valence-electron chi connectivity index (χ1n) is 7.91. The van der Waals surface area contributed by atoms with Gasteiger partial charge >= 0.3 is 6.09 Å². The molecule has 1 aromatic carbocycles. The van der Waals surface area contributed by atoms with Crippen molar-refractivity contribution in [1.82, 2.24) is 14.5 Å². The summed E-state index contributed by atoms with van der Waals surface area (Å²) in [5.74, 6) is 2.14. The Labute approximate surface area is 130 Å². The van der Waals surface area contributed by atoms with E-state index >= 15 is 0 Å². The van der Waals surface area contributed by atoms with E-state index < -0.39 is 6.09 Å². The predicted octanol–water partition coefficient (Wildman–Crippen LogP) is 3.46. The van der Waals surface area contributed by atoms with E-state index in [2.05, 4.69) is 23.7 Å². The SMILES string of the molecule is CN(CC1CCC(c2nc3ccccc3n2C)CC1)C(=O)O. The Balaban J connectivity index is 1.68. The van der Waals surface area contributed by atoms with Crippen molar-refractivity contribution in [2.45, 2.75) is 31.6 Å². The van der Waals surface area contributed by atoms with Gasteiger partial charge in [-0.15, -0.1) is 0 Å². The van der Waals surface area contributed by atoms with Crippen molar-refractivity contribution in [2.24, 2.45) is 13.0 Å². The van der Waals surface area contributed by atoms with Gasteiger partial charge in [-0.3, -0.25) is 0 Å². The van der Waals surface area contributed by atoms with Gasteiger partial charge in [0.2, 0.25) is 0 Å². The van der Waals surface area contributed by atoms with Crippen LogP contribution in [0.25, 0.3) is 11.0 Å². The summed E-state index contributed by atoms with van der Waals surface area (Å²) < 4.78 is 2.21. The minimum atomic E-state index is -0.836. The smallest absolute Gasteiger partial charge is 0.407 e. The zero-order valence-corrected chi connectivity index (χ0v) is 13.2. The number of hydrogen-bond donors (Lipinski definition) is 1. The van der Waals surface area contributed by atoms with Crippen LogP contribution in [0.5, 0.6) is 0 Å². The fraction of sp³-hybridized carbons (Fsp3) is 0.529. The van der Waals surface area contributed by atoms with Gasteiger partial charge in [-0.1, -0.05) is 12.1 Å². The second-order valence-electron chi connectivity index (χ2n) is 6.40. The second kappa shape index (κ2) is 5.99. The van der Waals surface area contributed by atoms with Gasteiger partial charge in [0.05, 0.1) is 11.0 Å². The van der Waals surface area contributed by atoms with Crippen molar-refractivity contribution in [3.05, 3.63) is 30.1 Å². The van der Waals surface area contributed by atoms with Crippen molar-refractivity contribution >= 4 is 17.1 Å². The number of aryl methyl sites for hydroxylation is 1. The highest BCUT2D eigenvalue weighted by Gasteiger charge is 2.27. The molecule has 1 amide bonds. The molecular weight excluding hydrogens is 278 g/mol. The quantitative estimate of drug-likeness (QED) is 0.944. The number of imidazole rings is 1. The third-order valence-corrected chi connectivity index (χ3v) is 4.89. The van der Waals surface area contributed by atoms with Crippen molar-refractivity contribution in [3.63, 3.8) is 0 Å². The Bertz CT molecular complexity index is 672. The van der Waals surface area contributed by atoms with Crippen LogP contribution in [-0.2, 0) is 7.05 Å². The summed E-state index contributed by atoms with van der Waals surface area (Å²) in [7, 11) is 3.74. The number of hydrogen-bond acceptors (Lipinski definition) is 2. The minimum absolute atomic E-state index is 0.479. The molecule has 118 valence electrons. The molecule has 0 bridgehead atoms. The largest absolute Gasteiger partial charge is 0.465 e. The number of amides is 1. The van der Waals surface area contributed by atoms with E-state index in [1.807, 2.05) is 12.1 Å². The molecule has 1 aliphatic carbocycles. The third kappa shape index (κ3) is 2.80. The van der Waals surface area contributed by atoms with Gasteiger partial charge in [-0.25, -0.2) is 9.78 Å². The van der Waals surface area contributed by atoms with Gasteiger partial charge in [-0.05, 0) is 43.7 Å². The first-order chi connectivity index (χ1) is 10.6. The van der Waals surface area contributed by atoms with Crippen molar-refractivity contribution in [1.29, 1.82) is 0 Å². The second-order valence-corrected chi connectivity index (χ2v) is 6.40. The third-order valence-electron chi connectivity index (χ3n) is 4.89.